The number of hydrogen-bond donors (Lipinski definition) is 3. The first-order valence-corrected chi connectivity index (χ1v) is 19.4. The van der Waals surface area contributed by atoms with Gasteiger partial charge in [0.2, 0.25) is 11.8 Å². The normalized spacial score (nSPS) is 32.4. The number of esters is 1. The Hall–Kier alpha value is -3.83. The van der Waals surface area contributed by atoms with Gasteiger partial charge in [-0.15, -0.1) is 0 Å². The summed E-state index contributed by atoms with van der Waals surface area (Å²) in [5, 5.41) is 14.4. The van der Waals surface area contributed by atoms with E-state index in [4.69, 9.17) is 24.1 Å². The van der Waals surface area contributed by atoms with Gasteiger partial charge in [0.05, 0.1) is 23.9 Å². The number of hydrogen-bond acceptors (Lipinski definition) is 8. The average Bonchev–Trinajstić information content (AvgIpc) is 3.43. The molecule has 6 aliphatic rings. The molecule has 2 aromatic carbocycles. The van der Waals surface area contributed by atoms with Gasteiger partial charge in [-0.3, -0.25) is 9.59 Å². The Labute approximate surface area is 311 Å². The Balaban J connectivity index is 1.03. The molecule has 53 heavy (non-hydrogen) atoms. The lowest BCUT2D eigenvalue weighted by Crippen LogP contribution is -2.45. The van der Waals surface area contributed by atoms with Crippen LogP contribution in [0.3, 0.4) is 0 Å². The Morgan fingerprint density at radius 2 is 1.70 bits per heavy atom. The Kier molecular flexibility index (Phi) is 9.62. The second-order valence-corrected chi connectivity index (χ2v) is 16.8. The van der Waals surface area contributed by atoms with Crippen molar-refractivity contribution in [1.82, 2.24) is 10.6 Å². The van der Waals surface area contributed by atoms with Crippen LogP contribution in [0.2, 0.25) is 0 Å². The molecule has 10 nitrogen and oxygen atoms in total. The third-order valence-corrected chi connectivity index (χ3v) is 12.8. The fourth-order valence-corrected chi connectivity index (χ4v) is 9.76. The van der Waals surface area contributed by atoms with Crippen molar-refractivity contribution in [3.8, 4) is 0 Å². The first-order valence-electron chi connectivity index (χ1n) is 19.4. The van der Waals surface area contributed by atoms with Gasteiger partial charge in [-0.05, 0) is 85.1 Å². The zero-order valence-corrected chi connectivity index (χ0v) is 31.0. The van der Waals surface area contributed by atoms with E-state index in [1.807, 2.05) is 36.4 Å². The van der Waals surface area contributed by atoms with Crippen molar-refractivity contribution >= 4 is 23.9 Å². The maximum absolute atomic E-state index is 14.3. The smallest absolute Gasteiger partial charge is 0.339 e. The van der Waals surface area contributed by atoms with Crippen LogP contribution in [-0.2, 0) is 41.4 Å². The summed E-state index contributed by atoms with van der Waals surface area (Å²) in [4.78, 5) is 39.8. The molecule has 0 aromatic heterocycles. The number of carbonyl (C=O) groups excluding carboxylic acids is 3. The maximum atomic E-state index is 14.3. The van der Waals surface area contributed by atoms with E-state index in [0.717, 1.165) is 48.8 Å². The van der Waals surface area contributed by atoms with Gasteiger partial charge >= 0.3 is 5.97 Å². The molecule has 2 amide bonds. The molecule has 2 aliphatic heterocycles. The molecule has 4 aliphatic carbocycles. The fourth-order valence-electron chi connectivity index (χ4n) is 9.76. The number of benzene rings is 2. The van der Waals surface area contributed by atoms with Crippen molar-refractivity contribution in [3.05, 3.63) is 88.0 Å². The largest absolute Gasteiger partial charge is 0.456 e. The summed E-state index contributed by atoms with van der Waals surface area (Å²) in [6.07, 6.45) is 8.97. The van der Waals surface area contributed by atoms with Crippen molar-refractivity contribution in [2.75, 3.05) is 19.7 Å². The summed E-state index contributed by atoms with van der Waals surface area (Å²) in [7, 11) is 0. The summed E-state index contributed by atoms with van der Waals surface area (Å²) in [5.74, 6) is -0.931. The molecule has 282 valence electrons. The van der Waals surface area contributed by atoms with E-state index in [-0.39, 0.29) is 55.4 Å². The summed E-state index contributed by atoms with van der Waals surface area (Å²) < 4.78 is 25.9. The molecule has 1 spiro atoms. The second kappa shape index (κ2) is 14.1. The number of ether oxygens (including phenoxy) is 4. The summed E-state index contributed by atoms with van der Waals surface area (Å²) in [6, 6.07) is 15.8. The van der Waals surface area contributed by atoms with Crippen LogP contribution in [0.1, 0.15) is 92.8 Å². The number of carbonyl (C=O) groups is 3. The number of rotatable bonds is 9. The van der Waals surface area contributed by atoms with Crippen molar-refractivity contribution < 1.29 is 38.4 Å². The van der Waals surface area contributed by atoms with Crippen LogP contribution in [0.15, 0.2) is 65.8 Å². The monoisotopic (exact) mass is 724 g/mol. The molecular formula is C43H52N2O8. The number of nitrogens with one attached hydrogen (secondary N) is 2. The topological polar surface area (TPSA) is 136 Å². The van der Waals surface area contributed by atoms with Crippen LogP contribution in [0.25, 0.3) is 6.08 Å². The van der Waals surface area contributed by atoms with Gasteiger partial charge in [0.1, 0.15) is 18.3 Å². The van der Waals surface area contributed by atoms with Crippen molar-refractivity contribution in [3.63, 3.8) is 0 Å². The van der Waals surface area contributed by atoms with E-state index >= 15 is 0 Å². The molecule has 3 N–H and O–H groups in total. The molecule has 10 heteroatoms. The lowest BCUT2D eigenvalue weighted by molar-refractivity contribution is -0.172. The number of aliphatic hydroxyl groups is 1. The molecular weight excluding hydrogens is 672 g/mol. The average molecular weight is 725 g/mol. The quantitative estimate of drug-likeness (QED) is 0.237. The lowest BCUT2D eigenvalue weighted by Gasteiger charge is -2.53. The highest BCUT2D eigenvalue weighted by molar-refractivity contribution is 5.95. The molecule has 7 atom stereocenters. The molecule has 4 fully saturated rings. The molecule has 2 aromatic rings. The number of epoxide rings is 1. The first kappa shape index (κ1) is 36.2. The van der Waals surface area contributed by atoms with Crippen LogP contribution in [-0.4, -0.2) is 78.4 Å². The van der Waals surface area contributed by atoms with E-state index in [9.17, 15) is 14.4 Å². The first-order chi connectivity index (χ1) is 25.5. The van der Waals surface area contributed by atoms with Gasteiger partial charge in [0.15, 0.2) is 5.79 Å². The lowest BCUT2D eigenvalue weighted by atomic mass is 9.52. The van der Waals surface area contributed by atoms with E-state index in [0.29, 0.717) is 41.9 Å². The van der Waals surface area contributed by atoms with Crippen LogP contribution < -0.4 is 10.6 Å². The van der Waals surface area contributed by atoms with E-state index in [1.165, 1.54) is 5.57 Å². The second-order valence-electron chi connectivity index (χ2n) is 16.8. The minimum Gasteiger partial charge on any atom is -0.456 e. The van der Waals surface area contributed by atoms with E-state index in [1.54, 1.807) is 6.08 Å². The molecule has 0 radical (unpaired) electrons. The molecule has 2 saturated heterocycles. The molecule has 8 rings (SSSR count). The van der Waals surface area contributed by atoms with Crippen molar-refractivity contribution in [2.24, 2.45) is 17.3 Å². The summed E-state index contributed by atoms with van der Waals surface area (Å²) in [6.45, 7) is 7.13. The van der Waals surface area contributed by atoms with Crippen molar-refractivity contribution in [1.29, 1.82) is 0 Å². The van der Waals surface area contributed by atoms with Crippen LogP contribution in [0, 0.1) is 17.3 Å². The van der Waals surface area contributed by atoms with Crippen LogP contribution in [0.5, 0.6) is 0 Å². The Bertz CT molecular complexity index is 1810. The zero-order valence-electron chi connectivity index (χ0n) is 31.0. The predicted octanol–water partition coefficient (Wildman–Crippen LogP) is 5.21. The van der Waals surface area contributed by atoms with Gasteiger partial charge in [-0.2, -0.15) is 0 Å². The van der Waals surface area contributed by atoms with Gasteiger partial charge in [0.25, 0.3) is 0 Å². The maximum Gasteiger partial charge on any atom is 0.339 e. The number of amides is 2. The third-order valence-electron chi connectivity index (χ3n) is 12.8. The minimum absolute atomic E-state index is 0.00370. The van der Waals surface area contributed by atoms with E-state index < -0.39 is 30.1 Å². The van der Waals surface area contributed by atoms with Gasteiger partial charge in [-0.1, -0.05) is 68.0 Å². The highest BCUT2D eigenvalue weighted by Crippen LogP contribution is 2.60. The highest BCUT2D eigenvalue weighted by atomic mass is 16.8. The van der Waals surface area contributed by atoms with Gasteiger partial charge < -0.3 is 34.7 Å². The molecule has 2 saturated carbocycles. The Morgan fingerprint density at radius 1 is 0.943 bits per heavy atom. The zero-order chi connectivity index (χ0) is 37.0. The van der Waals surface area contributed by atoms with Crippen LogP contribution >= 0.6 is 0 Å². The van der Waals surface area contributed by atoms with Gasteiger partial charge in [0, 0.05) is 44.3 Å². The number of fused-ring (bicyclic) bond motifs is 4. The van der Waals surface area contributed by atoms with Crippen LogP contribution in [0.4, 0.5) is 0 Å². The fraction of sp³-hybridized carbons (Fsp3) is 0.558. The van der Waals surface area contributed by atoms with Crippen molar-refractivity contribution in [2.45, 2.75) is 114 Å². The summed E-state index contributed by atoms with van der Waals surface area (Å²) in [5.41, 5.74) is 5.70. The Morgan fingerprint density at radius 3 is 2.45 bits per heavy atom. The third kappa shape index (κ3) is 7.23. The number of aliphatic hydroxyl groups excluding tert-OH is 1. The molecule has 1 unspecified atom stereocenters. The highest BCUT2D eigenvalue weighted by Gasteiger charge is 2.57. The van der Waals surface area contributed by atoms with Gasteiger partial charge in [-0.25, -0.2) is 4.79 Å². The summed E-state index contributed by atoms with van der Waals surface area (Å²) >= 11 is 0. The molecule has 0 bridgehead atoms. The number of allylic oxidation sites excluding steroid dienone is 1. The minimum atomic E-state index is -0.912. The van der Waals surface area contributed by atoms with E-state index in [2.05, 4.69) is 49.6 Å². The predicted molar refractivity (Wildman–Crippen MR) is 197 cm³/mol. The standard InChI is InChI=1S/C43H52N2O8/c1-41(2)25-32-27(12-13-36-42(3,52-36)16-14-33(32)41)20-26-8-6-7-11-31(26)40(49)50-34-21-30(39(48)45-17-15-37(47)44-18-19-46)22-35-38(34)53-43(51-35)23-28-9-4-5-10-29(28)24-43/h4-11,20,22,32-36,38,46H,12-19,21,23-25H2,1-3H3,(H,44,47)(H,45,48)/t32-,33-,34-,35-,36?,38+,42-/m1/s1. The SMILES string of the molecule is CC1(C)C[C@@H]2C(=Cc3ccccc3C(=O)O[C@@H]3CC(C(=O)NCCC(=O)NCCO)=C[C@H]4OC5(Cc6ccccc6C5)O[C@H]43)CCC3O[C@]3(C)CC[C@H]21. The molecule has 2 heterocycles.